The van der Waals surface area contributed by atoms with Crippen molar-refractivity contribution in [2.45, 2.75) is 71.6 Å². The molecule has 2 aliphatic rings. The first-order chi connectivity index (χ1) is 10.2. The van der Waals surface area contributed by atoms with Crippen LogP contribution in [0.2, 0.25) is 0 Å². The lowest BCUT2D eigenvalue weighted by molar-refractivity contribution is 0.00578. The molecule has 0 spiro atoms. The van der Waals surface area contributed by atoms with Gasteiger partial charge in [0.15, 0.2) is 0 Å². The Hall–Kier alpha value is -0.995. The number of rotatable bonds is 2. The van der Waals surface area contributed by atoms with Gasteiger partial charge in [-0.15, -0.1) is 0 Å². The molecular weight excluding hydrogens is 273 g/mol. The molecule has 4 heteroatoms. The van der Waals surface area contributed by atoms with Crippen molar-refractivity contribution in [2.75, 3.05) is 11.4 Å². The molecule has 2 heterocycles. The van der Waals surface area contributed by atoms with Gasteiger partial charge in [-0.05, 0) is 77.5 Å². The summed E-state index contributed by atoms with van der Waals surface area (Å²) in [6.07, 6.45) is 2.56. The molecule has 3 nitrogen and oxygen atoms in total. The number of anilines is 1. The molecule has 1 unspecified atom stereocenters. The minimum Gasteiger partial charge on any atom is -0.399 e. The highest BCUT2D eigenvalue weighted by Gasteiger charge is 2.51. The zero-order valence-electron chi connectivity index (χ0n) is 14.8. The molecular formula is C18H28BNO2. The normalized spacial score (nSPS) is 26.7. The van der Waals surface area contributed by atoms with Crippen molar-refractivity contribution < 1.29 is 9.31 Å². The Labute approximate surface area is 135 Å². The molecule has 0 aliphatic carbocycles. The average Bonchev–Trinajstić information content (AvgIpc) is 2.91. The molecule has 22 heavy (non-hydrogen) atoms. The first kappa shape index (κ1) is 15.9. The molecule has 120 valence electrons. The van der Waals surface area contributed by atoms with Crippen LogP contribution in [0.5, 0.6) is 0 Å². The van der Waals surface area contributed by atoms with Crippen molar-refractivity contribution in [1.29, 1.82) is 0 Å². The maximum absolute atomic E-state index is 6.21. The summed E-state index contributed by atoms with van der Waals surface area (Å²) in [6.45, 7) is 14.0. The fourth-order valence-corrected chi connectivity index (χ4v) is 3.39. The Bertz CT molecular complexity index is 554. The minimum atomic E-state index is -0.289. The van der Waals surface area contributed by atoms with Crippen LogP contribution >= 0.6 is 0 Å². The largest absolute Gasteiger partial charge is 0.494 e. The van der Waals surface area contributed by atoms with E-state index in [2.05, 4.69) is 64.6 Å². The Morgan fingerprint density at radius 2 is 1.73 bits per heavy atom. The predicted molar refractivity (Wildman–Crippen MR) is 92.9 cm³/mol. The third-order valence-electron chi connectivity index (χ3n) is 5.49. The van der Waals surface area contributed by atoms with E-state index in [4.69, 9.17) is 9.31 Å². The second-order valence-corrected chi connectivity index (χ2v) is 7.87. The van der Waals surface area contributed by atoms with Crippen LogP contribution in [-0.2, 0) is 9.31 Å². The highest BCUT2D eigenvalue weighted by molar-refractivity contribution is 6.62. The van der Waals surface area contributed by atoms with E-state index in [1.54, 1.807) is 0 Å². The van der Waals surface area contributed by atoms with Crippen LogP contribution in [0.4, 0.5) is 5.69 Å². The van der Waals surface area contributed by atoms with Crippen molar-refractivity contribution in [2.24, 2.45) is 0 Å². The van der Waals surface area contributed by atoms with Crippen LogP contribution in [-0.4, -0.2) is 30.9 Å². The topological polar surface area (TPSA) is 21.7 Å². The summed E-state index contributed by atoms with van der Waals surface area (Å²) in [5.41, 5.74) is 3.12. The number of nitrogens with zero attached hydrogens (tertiary/aromatic N) is 1. The lowest BCUT2D eigenvalue weighted by atomic mass is 9.78. The van der Waals surface area contributed by atoms with Crippen LogP contribution in [0.25, 0.3) is 0 Å². The van der Waals surface area contributed by atoms with Crippen molar-refractivity contribution in [1.82, 2.24) is 0 Å². The van der Waals surface area contributed by atoms with Crippen LogP contribution in [0, 0.1) is 6.92 Å². The fraction of sp³-hybridized carbons (Fsp3) is 0.667. The highest BCUT2D eigenvalue weighted by Crippen LogP contribution is 2.37. The van der Waals surface area contributed by atoms with Gasteiger partial charge in [0.25, 0.3) is 0 Å². The Balaban J connectivity index is 1.91. The Morgan fingerprint density at radius 3 is 2.27 bits per heavy atom. The van der Waals surface area contributed by atoms with Gasteiger partial charge >= 0.3 is 7.12 Å². The van der Waals surface area contributed by atoms with Crippen LogP contribution in [0.3, 0.4) is 0 Å². The standard InChI is InChI=1S/C18H28BNO2/c1-13-10-15(19-21-17(3,4)18(5,6)22-19)12-16(11-13)20-9-7-8-14(20)2/h10-12,14H,7-9H2,1-6H3. The summed E-state index contributed by atoms with van der Waals surface area (Å²) in [5.74, 6) is 0. The molecule has 2 fully saturated rings. The number of aryl methyl sites for hydroxylation is 1. The van der Waals surface area contributed by atoms with Gasteiger partial charge in [-0.3, -0.25) is 0 Å². The van der Waals surface area contributed by atoms with Crippen molar-refractivity contribution in [3.05, 3.63) is 23.8 Å². The molecule has 1 aromatic rings. The van der Waals surface area contributed by atoms with Gasteiger partial charge in [-0.25, -0.2) is 0 Å². The zero-order valence-corrected chi connectivity index (χ0v) is 14.8. The third-order valence-corrected chi connectivity index (χ3v) is 5.49. The third kappa shape index (κ3) is 2.67. The second kappa shape index (κ2) is 5.28. The second-order valence-electron chi connectivity index (χ2n) is 7.87. The van der Waals surface area contributed by atoms with E-state index in [0.29, 0.717) is 6.04 Å². The lowest BCUT2D eigenvalue weighted by Gasteiger charge is -2.32. The lowest BCUT2D eigenvalue weighted by Crippen LogP contribution is -2.41. The van der Waals surface area contributed by atoms with E-state index in [1.807, 2.05) is 0 Å². The van der Waals surface area contributed by atoms with Crippen LogP contribution < -0.4 is 10.4 Å². The van der Waals surface area contributed by atoms with E-state index < -0.39 is 0 Å². The summed E-state index contributed by atoms with van der Waals surface area (Å²) in [4.78, 5) is 2.50. The van der Waals surface area contributed by atoms with Gasteiger partial charge in [0, 0.05) is 18.3 Å². The SMILES string of the molecule is Cc1cc(B2OC(C)(C)C(C)(C)O2)cc(N2CCCC2C)c1. The summed E-state index contributed by atoms with van der Waals surface area (Å²) in [6, 6.07) is 7.33. The zero-order chi connectivity index (χ0) is 16.1. The van der Waals surface area contributed by atoms with Crippen LogP contribution in [0.15, 0.2) is 18.2 Å². The van der Waals surface area contributed by atoms with E-state index in [-0.39, 0.29) is 18.3 Å². The molecule has 0 amide bonds. The van der Waals surface area contributed by atoms with Crippen molar-refractivity contribution >= 4 is 18.3 Å². The molecule has 2 aliphatic heterocycles. The van der Waals surface area contributed by atoms with Gasteiger partial charge in [0.1, 0.15) is 0 Å². The monoisotopic (exact) mass is 301 g/mol. The summed E-state index contributed by atoms with van der Waals surface area (Å²) >= 11 is 0. The molecule has 3 rings (SSSR count). The minimum absolute atomic E-state index is 0.276. The quantitative estimate of drug-likeness (QED) is 0.783. The van der Waals surface area contributed by atoms with E-state index in [9.17, 15) is 0 Å². The van der Waals surface area contributed by atoms with Crippen molar-refractivity contribution in [3.8, 4) is 0 Å². The van der Waals surface area contributed by atoms with E-state index in [0.717, 1.165) is 12.0 Å². The maximum Gasteiger partial charge on any atom is 0.494 e. The molecule has 0 saturated carbocycles. The molecule has 1 atom stereocenters. The Kier molecular flexibility index (Phi) is 3.81. The summed E-state index contributed by atoms with van der Waals surface area (Å²) in [7, 11) is -0.276. The molecule has 0 bridgehead atoms. The fourth-order valence-electron chi connectivity index (χ4n) is 3.39. The van der Waals surface area contributed by atoms with Gasteiger partial charge in [-0.1, -0.05) is 6.07 Å². The van der Waals surface area contributed by atoms with Crippen LogP contribution in [0.1, 0.15) is 53.0 Å². The number of hydrogen-bond donors (Lipinski definition) is 0. The van der Waals surface area contributed by atoms with Gasteiger partial charge < -0.3 is 14.2 Å². The van der Waals surface area contributed by atoms with Gasteiger partial charge in [-0.2, -0.15) is 0 Å². The number of hydrogen-bond acceptors (Lipinski definition) is 3. The van der Waals surface area contributed by atoms with Gasteiger partial charge in [0.05, 0.1) is 11.2 Å². The molecule has 0 radical (unpaired) electrons. The van der Waals surface area contributed by atoms with E-state index >= 15 is 0 Å². The highest BCUT2D eigenvalue weighted by atomic mass is 16.7. The summed E-state index contributed by atoms with van der Waals surface area (Å²) in [5, 5.41) is 0. The van der Waals surface area contributed by atoms with Crippen molar-refractivity contribution in [3.63, 3.8) is 0 Å². The number of benzene rings is 1. The Morgan fingerprint density at radius 1 is 1.09 bits per heavy atom. The van der Waals surface area contributed by atoms with Gasteiger partial charge in [0.2, 0.25) is 0 Å². The molecule has 1 aromatic carbocycles. The average molecular weight is 301 g/mol. The van der Waals surface area contributed by atoms with E-state index in [1.165, 1.54) is 24.1 Å². The first-order valence-corrected chi connectivity index (χ1v) is 8.43. The molecule has 0 N–H and O–H groups in total. The summed E-state index contributed by atoms with van der Waals surface area (Å²) < 4.78 is 12.4. The predicted octanol–water partition coefficient (Wildman–Crippen LogP) is 3.28. The smallest absolute Gasteiger partial charge is 0.399 e. The molecule has 2 saturated heterocycles. The molecule has 0 aromatic heterocycles. The first-order valence-electron chi connectivity index (χ1n) is 8.43. The maximum atomic E-state index is 6.21.